The molecule has 0 aliphatic heterocycles. The predicted molar refractivity (Wildman–Crippen MR) is 73.0 cm³/mol. The number of nitrogens with one attached hydrogen (secondary N) is 1. The van der Waals surface area contributed by atoms with Crippen molar-refractivity contribution in [2.45, 2.75) is 19.4 Å². The zero-order valence-electron chi connectivity index (χ0n) is 10.6. The maximum absolute atomic E-state index is 12.7. The topological polar surface area (TPSA) is 12.0 Å². The van der Waals surface area contributed by atoms with Gasteiger partial charge in [-0.05, 0) is 29.2 Å². The molecule has 18 heavy (non-hydrogen) atoms. The van der Waals surface area contributed by atoms with Crippen LogP contribution >= 0.6 is 0 Å². The van der Waals surface area contributed by atoms with Crippen LogP contribution in [0.25, 0.3) is 0 Å². The van der Waals surface area contributed by atoms with E-state index in [1.54, 1.807) is 0 Å². The molecule has 0 aliphatic rings. The van der Waals surface area contributed by atoms with E-state index < -0.39 is 0 Å². The maximum Gasteiger partial charge on any atom is 0.123 e. The van der Waals surface area contributed by atoms with Gasteiger partial charge in [0, 0.05) is 13.1 Å². The zero-order chi connectivity index (χ0) is 12.8. The third-order valence-corrected chi connectivity index (χ3v) is 3.06. The van der Waals surface area contributed by atoms with Gasteiger partial charge in [0.2, 0.25) is 0 Å². The lowest BCUT2D eigenvalue weighted by Gasteiger charge is -2.13. The average molecular weight is 243 g/mol. The normalized spacial score (nSPS) is 12.3. The smallest absolute Gasteiger partial charge is 0.123 e. The molecule has 2 aromatic carbocycles. The summed E-state index contributed by atoms with van der Waals surface area (Å²) >= 11 is 0. The van der Waals surface area contributed by atoms with E-state index in [2.05, 4.69) is 36.5 Å². The Kier molecular flexibility index (Phi) is 4.48. The first-order valence-electron chi connectivity index (χ1n) is 6.26. The van der Waals surface area contributed by atoms with Crippen molar-refractivity contribution in [3.05, 3.63) is 71.5 Å². The first kappa shape index (κ1) is 12.8. The summed E-state index contributed by atoms with van der Waals surface area (Å²) in [5.41, 5.74) is 2.45. The molecule has 1 atom stereocenters. The van der Waals surface area contributed by atoms with Crippen molar-refractivity contribution in [1.29, 1.82) is 0 Å². The summed E-state index contributed by atoms with van der Waals surface area (Å²) in [5.74, 6) is 0.294. The van der Waals surface area contributed by atoms with Crippen molar-refractivity contribution < 1.29 is 4.39 Å². The van der Waals surface area contributed by atoms with E-state index in [-0.39, 0.29) is 5.82 Å². The molecule has 0 aliphatic carbocycles. The largest absolute Gasteiger partial charge is 0.312 e. The predicted octanol–water partition coefficient (Wildman–Crippen LogP) is 3.72. The maximum atomic E-state index is 12.7. The highest BCUT2D eigenvalue weighted by atomic mass is 19.1. The number of hydrogen-bond donors (Lipinski definition) is 1. The monoisotopic (exact) mass is 243 g/mol. The van der Waals surface area contributed by atoms with E-state index in [1.165, 1.54) is 17.7 Å². The van der Waals surface area contributed by atoms with Gasteiger partial charge < -0.3 is 5.32 Å². The standard InChI is InChI=1S/C16H18FN/c1-13(15-5-3-2-4-6-15)11-18-12-14-7-9-16(17)10-8-14/h2-10,13,18H,11-12H2,1H3. The van der Waals surface area contributed by atoms with Crippen LogP contribution in [0.4, 0.5) is 4.39 Å². The van der Waals surface area contributed by atoms with Crippen LogP contribution in [0.2, 0.25) is 0 Å². The average Bonchev–Trinajstić information content (AvgIpc) is 2.42. The van der Waals surface area contributed by atoms with Crippen molar-refractivity contribution in [3.63, 3.8) is 0 Å². The number of hydrogen-bond acceptors (Lipinski definition) is 1. The molecule has 0 heterocycles. The van der Waals surface area contributed by atoms with Gasteiger partial charge in [0.15, 0.2) is 0 Å². The van der Waals surface area contributed by atoms with Crippen LogP contribution in [0, 0.1) is 5.82 Å². The van der Waals surface area contributed by atoms with Crippen molar-refractivity contribution >= 4 is 0 Å². The molecule has 2 aromatic rings. The van der Waals surface area contributed by atoms with Crippen molar-refractivity contribution in [2.75, 3.05) is 6.54 Å². The number of rotatable bonds is 5. The van der Waals surface area contributed by atoms with Gasteiger partial charge in [-0.1, -0.05) is 49.4 Å². The Balaban J connectivity index is 1.80. The van der Waals surface area contributed by atoms with Gasteiger partial charge in [-0.25, -0.2) is 4.39 Å². The molecule has 0 spiro atoms. The summed E-state index contributed by atoms with van der Waals surface area (Å²) in [6.07, 6.45) is 0. The second kappa shape index (κ2) is 6.31. The fourth-order valence-corrected chi connectivity index (χ4v) is 1.93. The van der Waals surface area contributed by atoms with E-state index in [0.29, 0.717) is 5.92 Å². The van der Waals surface area contributed by atoms with Crippen LogP contribution in [0.15, 0.2) is 54.6 Å². The van der Waals surface area contributed by atoms with E-state index >= 15 is 0 Å². The molecule has 0 saturated heterocycles. The van der Waals surface area contributed by atoms with Gasteiger partial charge in [0.25, 0.3) is 0 Å². The Hall–Kier alpha value is -1.67. The molecule has 2 heteroatoms. The fourth-order valence-electron chi connectivity index (χ4n) is 1.93. The molecule has 94 valence electrons. The highest BCUT2D eigenvalue weighted by Gasteiger charge is 2.03. The SMILES string of the molecule is CC(CNCc1ccc(F)cc1)c1ccccc1. The molecule has 0 aromatic heterocycles. The highest BCUT2D eigenvalue weighted by Crippen LogP contribution is 2.13. The molecule has 0 fully saturated rings. The van der Waals surface area contributed by atoms with E-state index in [1.807, 2.05) is 18.2 Å². The summed E-state index contributed by atoms with van der Waals surface area (Å²) < 4.78 is 12.7. The highest BCUT2D eigenvalue weighted by molar-refractivity contribution is 5.19. The fraction of sp³-hybridized carbons (Fsp3) is 0.250. The Morgan fingerprint density at radius 1 is 1.00 bits per heavy atom. The summed E-state index contributed by atoms with van der Waals surface area (Å²) in [5, 5.41) is 3.40. The van der Waals surface area contributed by atoms with Crippen LogP contribution in [0.1, 0.15) is 24.0 Å². The van der Waals surface area contributed by atoms with E-state index in [4.69, 9.17) is 0 Å². The van der Waals surface area contributed by atoms with Crippen LogP contribution < -0.4 is 5.32 Å². The molecule has 0 radical (unpaired) electrons. The van der Waals surface area contributed by atoms with Crippen LogP contribution in [0.5, 0.6) is 0 Å². The molecule has 1 N–H and O–H groups in total. The summed E-state index contributed by atoms with van der Waals surface area (Å²) in [6, 6.07) is 17.1. The summed E-state index contributed by atoms with van der Waals surface area (Å²) in [6.45, 7) is 3.89. The van der Waals surface area contributed by atoms with Gasteiger partial charge in [-0.15, -0.1) is 0 Å². The molecular weight excluding hydrogens is 225 g/mol. The summed E-state index contributed by atoms with van der Waals surface area (Å²) in [4.78, 5) is 0. The lowest BCUT2D eigenvalue weighted by molar-refractivity contribution is 0.609. The van der Waals surface area contributed by atoms with Crippen LogP contribution in [0.3, 0.4) is 0 Å². The lowest BCUT2D eigenvalue weighted by atomic mass is 10.0. The Morgan fingerprint density at radius 2 is 1.67 bits per heavy atom. The van der Waals surface area contributed by atoms with Gasteiger partial charge in [-0.2, -0.15) is 0 Å². The van der Waals surface area contributed by atoms with Crippen molar-refractivity contribution in [1.82, 2.24) is 5.32 Å². The Bertz CT molecular complexity index is 464. The van der Waals surface area contributed by atoms with Crippen LogP contribution in [-0.4, -0.2) is 6.54 Å². The molecule has 1 unspecified atom stereocenters. The Labute approximate surface area is 108 Å². The summed E-state index contributed by atoms with van der Waals surface area (Å²) in [7, 11) is 0. The second-order valence-electron chi connectivity index (χ2n) is 4.57. The zero-order valence-corrected chi connectivity index (χ0v) is 10.6. The number of halogens is 1. The van der Waals surface area contributed by atoms with Gasteiger partial charge in [-0.3, -0.25) is 0 Å². The quantitative estimate of drug-likeness (QED) is 0.844. The number of benzene rings is 2. The third-order valence-electron chi connectivity index (χ3n) is 3.06. The molecule has 0 saturated carbocycles. The molecule has 1 nitrogen and oxygen atoms in total. The van der Waals surface area contributed by atoms with E-state index in [0.717, 1.165) is 18.7 Å². The minimum absolute atomic E-state index is 0.184. The van der Waals surface area contributed by atoms with Crippen molar-refractivity contribution in [3.8, 4) is 0 Å². The lowest BCUT2D eigenvalue weighted by Crippen LogP contribution is -2.19. The molecular formula is C16H18FN. The van der Waals surface area contributed by atoms with Crippen molar-refractivity contribution in [2.24, 2.45) is 0 Å². The molecule has 0 amide bonds. The Morgan fingerprint density at radius 3 is 2.33 bits per heavy atom. The minimum atomic E-state index is -0.184. The van der Waals surface area contributed by atoms with Gasteiger partial charge >= 0.3 is 0 Å². The minimum Gasteiger partial charge on any atom is -0.312 e. The van der Waals surface area contributed by atoms with E-state index in [9.17, 15) is 4.39 Å². The first-order chi connectivity index (χ1) is 8.75. The molecule has 2 rings (SSSR count). The third kappa shape index (κ3) is 3.67. The first-order valence-corrected chi connectivity index (χ1v) is 6.26. The van der Waals surface area contributed by atoms with Gasteiger partial charge in [0.05, 0.1) is 0 Å². The van der Waals surface area contributed by atoms with Crippen LogP contribution in [-0.2, 0) is 6.54 Å². The second-order valence-corrected chi connectivity index (χ2v) is 4.57. The molecule has 0 bridgehead atoms. The van der Waals surface area contributed by atoms with Gasteiger partial charge in [0.1, 0.15) is 5.82 Å².